The van der Waals surface area contributed by atoms with Gasteiger partial charge in [0.2, 0.25) is 0 Å². The summed E-state index contributed by atoms with van der Waals surface area (Å²) in [7, 11) is 0. The Kier molecular flexibility index (Phi) is 6.89. The maximum Gasteiger partial charge on any atom is 0.119 e. The summed E-state index contributed by atoms with van der Waals surface area (Å²) < 4.78 is 11.3. The van der Waals surface area contributed by atoms with Gasteiger partial charge in [0.05, 0.1) is 6.61 Å². The van der Waals surface area contributed by atoms with E-state index in [1.54, 1.807) is 0 Å². The van der Waals surface area contributed by atoms with Crippen LogP contribution in [-0.2, 0) is 11.2 Å². The number of aryl methyl sites for hydroxylation is 1. The van der Waals surface area contributed by atoms with E-state index in [9.17, 15) is 0 Å². The van der Waals surface area contributed by atoms with Crippen LogP contribution in [-0.4, -0.2) is 32.4 Å². The molecule has 1 saturated heterocycles. The Bertz CT molecular complexity index is 375. The zero-order valence-corrected chi connectivity index (χ0v) is 12.6. The van der Waals surface area contributed by atoms with E-state index in [0.29, 0.717) is 19.3 Å². The van der Waals surface area contributed by atoms with Crippen LogP contribution < -0.4 is 10.1 Å². The van der Waals surface area contributed by atoms with Gasteiger partial charge in [-0.05, 0) is 49.9 Å². The van der Waals surface area contributed by atoms with Crippen molar-refractivity contribution in [3.63, 3.8) is 0 Å². The van der Waals surface area contributed by atoms with Gasteiger partial charge < -0.3 is 14.8 Å². The first-order valence-corrected chi connectivity index (χ1v) is 7.91. The van der Waals surface area contributed by atoms with Crippen molar-refractivity contribution in [2.75, 3.05) is 26.4 Å². The Balaban J connectivity index is 1.52. The molecule has 0 radical (unpaired) electrons. The van der Waals surface area contributed by atoms with Gasteiger partial charge in [0.15, 0.2) is 0 Å². The fourth-order valence-electron chi connectivity index (χ4n) is 2.57. The summed E-state index contributed by atoms with van der Waals surface area (Å²) >= 11 is 0. The molecule has 3 nitrogen and oxygen atoms in total. The maximum absolute atomic E-state index is 5.70. The predicted molar refractivity (Wildman–Crippen MR) is 82.4 cm³/mol. The molecule has 1 aromatic rings. The molecule has 1 atom stereocenters. The van der Waals surface area contributed by atoms with Gasteiger partial charge in [0.25, 0.3) is 0 Å². The quantitative estimate of drug-likeness (QED) is 0.740. The Hall–Kier alpha value is -1.06. The van der Waals surface area contributed by atoms with Crippen LogP contribution in [0, 0.1) is 0 Å². The molecule has 1 aliphatic heterocycles. The summed E-state index contributed by atoms with van der Waals surface area (Å²) in [4.78, 5) is 0. The summed E-state index contributed by atoms with van der Waals surface area (Å²) in [6.45, 7) is 5.45. The molecule has 0 aromatic heterocycles. The van der Waals surface area contributed by atoms with E-state index in [2.05, 4.69) is 24.4 Å². The number of benzene rings is 1. The number of rotatable bonds is 8. The molecular formula is C17H27NO2. The van der Waals surface area contributed by atoms with Gasteiger partial charge in [-0.1, -0.05) is 25.5 Å². The predicted octanol–water partition coefficient (Wildman–Crippen LogP) is 3.18. The molecule has 0 bridgehead atoms. The van der Waals surface area contributed by atoms with Crippen LogP contribution in [0.1, 0.15) is 38.2 Å². The van der Waals surface area contributed by atoms with E-state index in [4.69, 9.17) is 9.47 Å². The van der Waals surface area contributed by atoms with Gasteiger partial charge in [-0.2, -0.15) is 0 Å². The summed E-state index contributed by atoms with van der Waals surface area (Å²) in [5.41, 5.74) is 1.31. The number of hydrogen-bond donors (Lipinski definition) is 1. The second kappa shape index (κ2) is 8.98. The fourth-order valence-corrected chi connectivity index (χ4v) is 2.57. The first-order valence-electron chi connectivity index (χ1n) is 7.91. The lowest BCUT2D eigenvalue weighted by molar-refractivity contribution is 0.0910. The molecule has 112 valence electrons. The zero-order chi connectivity index (χ0) is 14.0. The highest BCUT2D eigenvalue weighted by molar-refractivity contribution is 5.28. The number of piperidine rings is 1. The highest BCUT2D eigenvalue weighted by Crippen LogP contribution is 2.13. The minimum atomic E-state index is 0.630. The molecule has 0 aliphatic carbocycles. The van der Waals surface area contributed by atoms with Crippen molar-refractivity contribution in [3.8, 4) is 5.75 Å². The average Bonchev–Trinajstić information content (AvgIpc) is 2.52. The van der Waals surface area contributed by atoms with Crippen LogP contribution >= 0.6 is 0 Å². The van der Waals surface area contributed by atoms with Gasteiger partial charge in [0, 0.05) is 12.6 Å². The van der Waals surface area contributed by atoms with E-state index in [-0.39, 0.29) is 0 Å². The largest absolute Gasteiger partial charge is 0.491 e. The monoisotopic (exact) mass is 277 g/mol. The van der Waals surface area contributed by atoms with E-state index in [0.717, 1.165) is 25.2 Å². The lowest BCUT2D eigenvalue weighted by Gasteiger charge is -2.23. The molecule has 3 heteroatoms. The van der Waals surface area contributed by atoms with Crippen molar-refractivity contribution < 1.29 is 9.47 Å². The van der Waals surface area contributed by atoms with Crippen molar-refractivity contribution >= 4 is 0 Å². The van der Waals surface area contributed by atoms with Gasteiger partial charge in [-0.15, -0.1) is 0 Å². The Morgan fingerprint density at radius 1 is 1.20 bits per heavy atom. The molecule has 1 aromatic carbocycles. The van der Waals surface area contributed by atoms with Gasteiger partial charge in [0.1, 0.15) is 12.4 Å². The normalized spacial score (nSPS) is 18.9. The first kappa shape index (κ1) is 15.3. The fraction of sp³-hybridized carbons (Fsp3) is 0.647. The van der Waals surface area contributed by atoms with Crippen LogP contribution in [0.4, 0.5) is 0 Å². The smallest absolute Gasteiger partial charge is 0.119 e. The van der Waals surface area contributed by atoms with Crippen LogP contribution in [0.2, 0.25) is 0 Å². The standard InChI is InChI=1S/C17H27NO2/c1-2-15-6-5-8-17(14-15)20-13-12-19-11-9-16-7-3-4-10-18-16/h5-6,8,14,16,18H,2-4,7,9-13H2,1H3. The van der Waals surface area contributed by atoms with Crippen molar-refractivity contribution in [2.45, 2.75) is 45.1 Å². The molecule has 20 heavy (non-hydrogen) atoms. The summed E-state index contributed by atoms with van der Waals surface area (Å²) in [5.74, 6) is 0.946. The minimum absolute atomic E-state index is 0.630. The molecule has 1 heterocycles. The number of hydrogen-bond acceptors (Lipinski definition) is 3. The van der Waals surface area contributed by atoms with Crippen LogP contribution in [0.3, 0.4) is 0 Å². The van der Waals surface area contributed by atoms with E-state index >= 15 is 0 Å². The van der Waals surface area contributed by atoms with Crippen molar-refractivity contribution in [2.24, 2.45) is 0 Å². The van der Waals surface area contributed by atoms with E-state index in [1.165, 1.54) is 31.4 Å². The van der Waals surface area contributed by atoms with Crippen molar-refractivity contribution in [3.05, 3.63) is 29.8 Å². The third kappa shape index (κ3) is 5.51. The van der Waals surface area contributed by atoms with Gasteiger partial charge >= 0.3 is 0 Å². The topological polar surface area (TPSA) is 30.5 Å². The molecule has 2 rings (SSSR count). The van der Waals surface area contributed by atoms with Crippen LogP contribution in [0.5, 0.6) is 5.75 Å². The second-order valence-electron chi connectivity index (χ2n) is 5.40. The summed E-state index contributed by atoms with van der Waals surface area (Å²) in [6, 6.07) is 8.94. The lowest BCUT2D eigenvalue weighted by Crippen LogP contribution is -2.34. The van der Waals surface area contributed by atoms with Gasteiger partial charge in [-0.3, -0.25) is 0 Å². The van der Waals surface area contributed by atoms with Crippen LogP contribution in [0.15, 0.2) is 24.3 Å². The van der Waals surface area contributed by atoms with Crippen LogP contribution in [0.25, 0.3) is 0 Å². The molecule has 1 unspecified atom stereocenters. The molecule has 1 aliphatic rings. The molecule has 0 spiro atoms. The van der Waals surface area contributed by atoms with Crippen molar-refractivity contribution in [1.82, 2.24) is 5.32 Å². The lowest BCUT2D eigenvalue weighted by atomic mass is 10.0. The molecule has 0 saturated carbocycles. The minimum Gasteiger partial charge on any atom is -0.491 e. The summed E-state index contributed by atoms with van der Waals surface area (Å²) in [6.07, 6.45) is 6.13. The number of nitrogens with one attached hydrogen (secondary N) is 1. The Labute approximate surface area is 122 Å². The van der Waals surface area contributed by atoms with Gasteiger partial charge in [-0.25, -0.2) is 0 Å². The van der Waals surface area contributed by atoms with Crippen molar-refractivity contribution in [1.29, 1.82) is 0 Å². The molecule has 1 fully saturated rings. The Morgan fingerprint density at radius 3 is 2.95 bits per heavy atom. The molecule has 1 N–H and O–H groups in total. The third-order valence-corrected chi connectivity index (χ3v) is 3.83. The third-order valence-electron chi connectivity index (χ3n) is 3.83. The highest BCUT2D eigenvalue weighted by Gasteiger charge is 2.11. The maximum atomic E-state index is 5.70. The first-order chi connectivity index (χ1) is 9.88. The average molecular weight is 277 g/mol. The summed E-state index contributed by atoms with van der Waals surface area (Å²) in [5, 5.41) is 3.54. The van der Waals surface area contributed by atoms with E-state index in [1.807, 2.05) is 12.1 Å². The Morgan fingerprint density at radius 2 is 2.15 bits per heavy atom. The highest BCUT2D eigenvalue weighted by atomic mass is 16.5. The zero-order valence-electron chi connectivity index (χ0n) is 12.6. The molecular weight excluding hydrogens is 250 g/mol. The molecule has 0 amide bonds. The van der Waals surface area contributed by atoms with E-state index < -0.39 is 0 Å². The SMILES string of the molecule is CCc1cccc(OCCOCCC2CCCCN2)c1. The number of ether oxygens (including phenoxy) is 2. The second-order valence-corrected chi connectivity index (χ2v) is 5.40.